The van der Waals surface area contributed by atoms with E-state index in [2.05, 4.69) is 22.7 Å². The largest absolute Gasteiger partial charge is 0.489 e. The van der Waals surface area contributed by atoms with Crippen molar-refractivity contribution in [3.8, 4) is 5.75 Å². The predicted octanol–water partition coefficient (Wildman–Crippen LogP) is 2.34. The molecule has 0 aromatic heterocycles. The lowest BCUT2D eigenvalue weighted by atomic mass is 10.2. The van der Waals surface area contributed by atoms with Crippen LogP contribution < -0.4 is 15.9 Å². The highest BCUT2D eigenvalue weighted by atomic mass is 32.1. The van der Waals surface area contributed by atoms with Crippen LogP contribution in [0.4, 0.5) is 5.69 Å². The van der Waals surface area contributed by atoms with E-state index < -0.39 is 4.92 Å². The topological polar surface area (TPSA) is 103 Å². The standard InChI is InChI=1S/C15H14N4O3S/c16-15(23)18-17-9-11-3-7-14(8-4-11)22-10-12-1-5-13(6-2-12)19(20)21/h1-9H,10H2,(H3,16,18,23)/b17-9+. The average molecular weight is 330 g/mol. The number of rotatable bonds is 6. The Hall–Kier alpha value is -3.00. The molecule has 0 bridgehead atoms. The number of nitro groups is 1. The van der Waals surface area contributed by atoms with E-state index in [-0.39, 0.29) is 10.8 Å². The van der Waals surface area contributed by atoms with Crippen molar-refractivity contribution in [3.63, 3.8) is 0 Å². The summed E-state index contributed by atoms with van der Waals surface area (Å²) in [5.74, 6) is 0.683. The molecule has 2 rings (SSSR count). The van der Waals surface area contributed by atoms with Crippen molar-refractivity contribution in [2.45, 2.75) is 6.61 Å². The fourth-order valence-corrected chi connectivity index (χ4v) is 1.75. The van der Waals surface area contributed by atoms with Gasteiger partial charge in [0.25, 0.3) is 5.69 Å². The van der Waals surface area contributed by atoms with Gasteiger partial charge in [-0.05, 0) is 59.7 Å². The Bertz CT molecular complexity index is 715. The zero-order chi connectivity index (χ0) is 16.7. The van der Waals surface area contributed by atoms with Gasteiger partial charge in [-0.1, -0.05) is 0 Å². The Morgan fingerprint density at radius 3 is 2.48 bits per heavy atom. The zero-order valence-corrected chi connectivity index (χ0v) is 12.8. The van der Waals surface area contributed by atoms with Crippen LogP contribution in [-0.2, 0) is 6.61 Å². The van der Waals surface area contributed by atoms with Crippen LogP contribution in [0, 0.1) is 10.1 Å². The van der Waals surface area contributed by atoms with Crippen LogP contribution in [-0.4, -0.2) is 16.3 Å². The molecule has 0 spiro atoms. The quantitative estimate of drug-likeness (QED) is 0.365. The number of ether oxygens (including phenoxy) is 1. The molecule has 0 radical (unpaired) electrons. The molecule has 3 N–H and O–H groups in total. The molecular formula is C15H14N4O3S. The molecule has 0 unspecified atom stereocenters. The van der Waals surface area contributed by atoms with Crippen molar-refractivity contribution in [2.75, 3.05) is 0 Å². The van der Waals surface area contributed by atoms with Gasteiger partial charge in [-0.25, -0.2) is 0 Å². The van der Waals surface area contributed by atoms with Crippen molar-refractivity contribution in [1.82, 2.24) is 5.43 Å². The monoisotopic (exact) mass is 330 g/mol. The van der Waals surface area contributed by atoms with Gasteiger partial charge in [0.2, 0.25) is 0 Å². The minimum Gasteiger partial charge on any atom is -0.489 e. The SMILES string of the molecule is NC(=S)N/N=C/c1ccc(OCc2ccc([N+](=O)[O-])cc2)cc1. The fourth-order valence-electron chi connectivity index (χ4n) is 1.70. The second kappa shape index (κ2) is 7.85. The minimum absolute atomic E-state index is 0.0583. The third-order valence-corrected chi connectivity index (χ3v) is 2.91. The van der Waals surface area contributed by atoms with Crippen molar-refractivity contribution in [2.24, 2.45) is 10.8 Å². The Labute approximate surface area is 137 Å². The number of thiocarbonyl (C=S) groups is 1. The van der Waals surface area contributed by atoms with Crippen LogP contribution in [0.25, 0.3) is 0 Å². The zero-order valence-electron chi connectivity index (χ0n) is 12.0. The van der Waals surface area contributed by atoms with Crippen LogP contribution in [0.15, 0.2) is 53.6 Å². The fraction of sp³-hybridized carbons (Fsp3) is 0.0667. The number of hydrazone groups is 1. The van der Waals surface area contributed by atoms with E-state index in [0.29, 0.717) is 12.4 Å². The molecule has 0 saturated heterocycles. The van der Waals surface area contributed by atoms with Gasteiger partial charge in [-0.15, -0.1) is 0 Å². The van der Waals surface area contributed by atoms with Crippen LogP contribution in [0.2, 0.25) is 0 Å². The lowest BCUT2D eigenvalue weighted by Gasteiger charge is -2.06. The normalized spacial score (nSPS) is 10.4. The highest BCUT2D eigenvalue weighted by Gasteiger charge is 2.04. The number of hydrogen-bond acceptors (Lipinski definition) is 5. The van der Waals surface area contributed by atoms with Crippen LogP contribution in [0.3, 0.4) is 0 Å². The smallest absolute Gasteiger partial charge is 0.269 e. The van der Waals surface area contributed by atoms with E-state index in [0.717, 1.165) is 11.1 Å². The molecule has 0 heterocycles. The van der Waals surface area contributed by atoms with E-state index >= 15 is 0 Å². The summed E-state index contributed by atoms with van der Waals surface area (Å²) in [5.41, 5.74) is 9.48. The maximum absolute atomic E-state index is 10.6. The second-order valence-electron chi connectivity index (χ2n) is 4.52. The summed E-state index contributed by atoms with van der Waals surface area (Å²) in [7, 11) is 0. The maximum Gasteiger partial charge on any atom is 0.269 e. The van der Waals surface area contributed by atoms with Crippen LogP contribution >= 0.6 is 12.2 Å². The molecule has 0 amide bonds. The number of nitro benzene ring substituents is 1. The molecule has 8 heteroatoms. The summed E-state index contributed by atoms with van der Waals surface area (Å²) in [4.78, 5) is 10.1. The summed E-state index contributed by atoms with van der Waals surface area (Å²) in [5, 5.41) is 14.5. The summed E-state index contributed by atoms with van der Waals surface area (Å²) in [6.45, 7) is 0.328. The van der Waals surface area contributed by atoms with Gasteiger partial charge in [0, 0.05) is 12.1 Å². The number of nitrogens with two attached hydrogens (primary N) is 1. The Morgan fingerprint density at radius 1 is 1.26 bits per heavy atom. The van der Waals surface area contributed by atoms with Gasteiger partial charge in [0.05, 0.1) is 11.1 Å². The lowest BCUT2D eigenvalue weighted by Crippen LogP contribution is -2.23. The van der Waals surface area contributed by atoms with E-state index in [1.807, 2.05) is 12.1 Å². The van der Waals surface area contributed by atoms with Crippen molar-refractivity contribution in [3.05, 3.63) is 69.8 Å². The van der Waals surface area contributed by atoms with Crippen molar-refractivity contribution in [1.29, 1.82) is 0 Å². The summed E-state index contributed by atoms with van der Waals surface area (Å²) in [6.07, 6.45) is 1.58. The molecule has 0 aliphatic rings. The number of non-ortho nitro benzene ring substituents is 1. The average Bonchev–Trinajstić information content (AvgIpc) is 2.54. The summed E-state index contributed by atoms with van der Waals surface area (Å²) < 4.78 is 5.62. The Kier molecular flexibility index (Phi) is 5.59. The molecule has 0 aliphatic carbocycles. The number of hydrogen-bond donors (Lipinski definition) is 2. The van der Waals surface area contributed by atoms with Crippen LogP contribution in [0.5, 0.6) is 5.75 Å². The first-order chi connectivity index (χ1) is 11.0. The first kappa shape index (κ1) is 16.4. The Balaban J connectivity index is 1.89. The van der Waals surface area contributed by atoms with E-state index in [4.69, 9.17) is 10.5 Å². The maximum atomic E-state index is 10.6. The molecule has 0 aliphatic heterocycles. The third-order valence-electron chi connectivity index (χ3n) is 2.82. The molecule has 23 heavy (non-hydrogen) atoms. The number of benzene rings is 2. The predicted molar refractivity (Wildman–Crippen MR) is 91.4 cm³/mol. The summed E-state index contributed by atoms with van der Waals surface area (Å²) in [6, 6.07) is 13.5. The third kappa shape index (κ3) is 5.36. The molecule has 2 aromatic carbocycles. The highest BCUT2D eigenvalue weighted by Crippen LogP contribution is 2.16. The Morgan fingerprint density at radius 2 is 1.91 bits per heavy atom. The molecule has 2 aromatic rings. The number of nitrogens with one attached hydrogen (secondary N) is 1. The molecule has 7 nitrogen and oxygen atoms in total. The van der Waals surface area contributed by atoms with E-state index in [1.165, 1.54) is 12.1 Å². The molecule has 118 valence electrons. The highest BCUT2D eigenvalue weighted by molar-refractivity contribution is 7.80. The van der Waals surface area contributed by atoms with E-state index in [1.54, 1.807) is 30.5 Å². The molecule has 0 saturated carbocycles. The molecular weight excluding hydrogens is 316 g/mol. The second-order valence-corrected chi connectivity index (χ2v) is 4.96. The van der Waals surface area contributed by atoms with Gasteiger partial charge < -0.3 is 10.5 Å². The van der Waals surface area contributed by atoms with Gasteiger partial charge >= 0.3 is 0 Å². The number of nitrogens with zero attached hydrogens (tertiary/aromatic N) is 2. The minimum atomic E-state index is -0.433. The van der Waals surface area contributed by atoms with E-state index in [9.17, 15) is 10.1 Å². The van der Waals surface area contributed by atoms with Crippen LogP contribution in [0.1, 0.15) is 11.1 Å². The first-order valence-electron chi connectivity index (χ1n) is 6.59. The van der Waals surface area contributed by atoms with Gasteiger partial charge in [-0.2, -0.15) is 5.10 Å². The lowest BCUT2D eigenvalue weighted by molar-refractivity contribution is -0.384. The van der Waals surface area contributed by atoms with Gasteiger partial charge in [0.1, 0.15) is 12.4 Å². The molecule has 0 fully saturated rings. The van der Waals surface area contributed by atoms with Crippen molar-refractivity contribution >= 4 is 29.2 Å². The molecule has 0 atom stereocenters. The first-order valence-corrected chi connectivity index (χ1v) is 7.00. The van der Waals surface area contributed by atoms with Crippen molar-refractivity contribution < 1.29 is 9.66 Å². The summed E-state index contributed by atoms with van der Waals surface area (Å²) >= 11 is 4.63. The van der Waals surface area contributed by atoms with Gasteiger partial charge in [-0.3, -0.25) is 15.5 Å². The van der Waals surface area contributed by atoms with Gasteiger partial charge in [0.15, 0.2) is 5.11 Å².